The molecular formula is C23H25NO2. The molecule has 0 aromatic heterocycles. The van der Waals surface area contributed by atoms with E-state index in [1.165, 1.54) is 36.0 Å². The van der Waals surface area contributed by atoms with E-state index in [9.17, 15) is 9.90 Å². The molecule has 2 aliphatic carbocycles. The van der Waals surface area contributed by atoms with Gasteiger partial charge in [0.05, 0.1) is 17.3 Å². The summed E-state index contributed by atoms with van der Waals surface area (Å²) < 4.78 is 0. The third kappa shape index (κ3) is 2.22. The van der Waals surface area contributed by atoms with Crippen molar-refractivity contribution in [1.82, 2.24) is 0 Å². The monoisotopic (exact) mass is 347 g/mol. The number of anilines is 1. The molecule has 26 heavy (non-hydrogen) atoms. The van der Waals surface area contributed by atoms with Gasteiger partial charge in [-0.3, -0.25) is 0 Å². The van der Waals surface area contributed by atoms with E-state index in [0.717, 1.165) is 18.0 Å². The lowest BCUT2D eigenvalue weighted by atomic mass is 9.67. The molecule has 2 aromatic carbocycles. The zero-order valence-corrected chi connectivity index (χ0v) is 15.1. The minimum atomic E-state index is -0.837. The van der Waals surface area contributed by atoms with E-state index in [1.54, 1.807) is 6.07 Å². The normalized spacial score (nSPS) is 31.2. The van der Waals surface area contributed by atoms with Crippen molar-refractivity contribution >= 4 is 11.7 Å². The summed E-state index contributed by atoms with van der Waals surface area (Å²) >= 11 is 0. The summed E-state index contributed by atoms with van der Waals surface area (Å²) in [5.41, 5.74) is 5.16. The number of rotatable bonds is 3. The number of aromatic carboxylic acids is 1. The van der Waals surface area contributed by atoms with E-state index in [1.807, 2.05) is 6.07 Å². The van der Waals surface area contributed by atoms with E-state index < -0.39 is 5.97 Å². The Balaban J connectivity index is 1.64. The van der Waals surface area contributed by atoms with E-state index in [4.69, 9.17) is 0 Å². The first-order valence-corrected chi connectivity index (χ1v) is 9.89. The molecule has 2 bridgehead atoms. The van der Waals surface area contributed by atoms with Gasteiger partial charge in [0.2, 0.25) is 0 Å². The lowest BCUT2D eigenvalue weighted by Gasteiger charge is -2.44. The van der Waals surface area contributed by atoms with Gasteiger partial charge in [0.1, 0.15) is 0 Å². The number of aryl methyl sites for hydroxylation is 1. The average Bonchev–Trinajstić information content (AvgIpc) is 3.29. The van der Waals surface area contributed by atoms with Crippen LogP contribution in [0.3, 0.4) is 0 Å². The van der Waals surface area contributed by atoms with Gasteiger partial charge in [-0.1, -0.05) is 43.3 Å². The predicted molar refractivity (Wildman–Crippen MR) is 103 cm³/mol. The maximum Gasteiger partial charge on any atom is 0.337 e. The molecule has 134 valence electrons. The molecular weight excluding hydrogens is 322 g/mol. The van der Waals surface area contributed by atoms with Crippen LogP contribution in [-0.2, 0) is 6.42 Å². The summed E-state index contributed by atoms with van der Waals surface area (Å²) in [5.74, 6) is 1.72. The number of hydrogen-bond donors (Lipinski definition) is 2. The molecule has 0 amide bonds. The highest BCUT2D eigenvalue weighted by Gasteiger charge is 2.54. The van der Waals surface area contributed by atoms with Gasteiger partial charge in [0.15, 0.2) is 0 Å². The third-order valence-corrected chi connectivity index (χ3v) is 7.10. The van der Waals surface area contributed by atoms with Crippen LogP contribution in [-0.4, -0.2) is 11.1 Å². The first-order chi connectivity index (χ1) is 12.7. The van der Waals surface area contributed by atoms with Gasteiger partial charge >= 0.3 is 5.97 Å². The highest BCUT2D eigenvalue weighted by Crippen LogP contribution is 2.63. The molecule has 2 fully saturated rings. The molecule has 3 nitrogen and oxygen atoms in total. The molecule has 0 radical (unpaired) electrons. The molecule has 5 rings (SSSR count). The second kappa shape index (κ2) is 5.87. The Labute approximate surface area is 154 Å². The average molecular weight is 347 g/mol. The standard InChI is InChI=1S/C23H25NO2/c1-2-13-6-8-14(9-7-13)21-20-16-11-10-15(12-16)19(20)17-4-3-5-18(23(25)26)22(17)24-21/h3-9,15-16,19-21,24H,2,10-12H2,1H3,(H,25,26)/t15-,16+,19+,20+,21-/m1/s1. The van der Waals surface area contributed by atoms with Crippen LogP contribution in [0.1, 0.15) is 65.2 Å². The number of carboxylic acids is 1. The van der Waals surface area contributed by atoms with Crippen LogP contribution < -0.4 is 5.32 Å². The molecule has 0 saturated heterocycles. The van der Waals surface area contributed by atoms with Crippen LogP contribution in [0.2, 0.25) is 0 Å². The molecule has 1 aliphatic heterocycles. The summed E-state index contributed by atoms with van der Waals surface area (Å²) in [5, 5.41) is 13.4. The van der Waals surface area contributed by atoms with Gasteiger partial charge in [0.25, 0.3) is 0 Å². The van der Waals surface area contributed by atoms with Crippen LogP contribution in [0, 0.1) is 17.8 Å². The molecule has 2 saturated carbocycles. The van der Waals surface area contributed by atoms with Crippen molar-refractivity contribution in [2.45, 2.75) is 44.6 Å². The number of carboxylic acid groups (broad SMARTS) is 1. The maximum atomic E-state index is 11.8. The summed E-state index contributed by atoms with van der Waals surface area (Å²) in [7, 11) is 0. The summed E-state index contributed by atoms with van der Waals surface area (Å²) in [6, 6.07) is 15.0. The van der Waals surface area contributed by atoms with Crippen molar-refractivity contribution in [2.75, 3.05) is 5.32 Å². The van der Waals surface area contributed by atoms with Crippen molar-refractivity contribution in [3.8, 4) is 0 Å². The van der Waals surface area contributed by atoms with Crippen molar-refractivity contribution in [2.24, 2.45) is 17.8 Å². The van der Waals surface area contributed by atoms with E-state index >= 15 is 0 Å². The molecule has 2 aromatic rings. The Morgan fingerprint density at radius 2 is 1.88 bits per heavy atom. The first-order valence-electron chi connectivity index (χ1n) is 9.89. The Morgan fingerprint density at radius 3 is 2.62 bits per heavy atom. The second-order valence-corrected chi connectivity index (χ2v) is 8.23. The van der Waals surface area contributed by atoms with E-state index in [-0.39, 0.29) is 6.04 Å². The minimum Gasteiger partial charge on any atom is -0.478 e. The zero-order valence-electron chi connectivity index (χ0n) is 15.1. The highest BCUT2D eigenvalue weighted by atomic mass is 16.4. The fraction of sp³-hybridized carbons (Fsp3) is 0.435. The first kappa shape index (κ1) is 15.9. The summed E-state index contributed by atoms with van der Waals surface area (Å²) in [4.78, 5) is 11.8. The number of hydrogen-bond acceptors (Lipinski definition) is 2. The number of fused-ring (bicyclic) bond motifs is 7. The molecule has 3 heteroatoms. The summed E-state index contributed by atoms with van der Waals surface area (Å²) in [6.45, 7) is 2.18. The Kier molecular flexibility index (Phi) is 3.59. The molecule has 0 unspecified atom stereocenters. The van der Waals surface area contributed by atoms with Crippen LogP contribution in [0.4, 0.5) is 5.69 Å². The lowest BCUT2D eigenvalue weighted by molar-refractivity contribution is 0.0697. The molecule has 3 aliphatic rings. The van der Waals surface area contributed by atoms with Crippen molar-refractivity contribution < 1.29 is 9.90 Å². The molecule has 5 atom stereocenters. The molecule has 1 heterocycles. The predicted octanol–water partition coefficient (Wildman–Crippen LogP) is 5.24. The zero-order chi connectivity index (χ0) is 17.8. The fourth-order valence-electron chi connectivity index (χ4n) is 5.98. The van der Waals surface area contributed by atoms with Gasteiger partial charge in [-0.25, -0.2) is 4.79 Å². The third-order valence-electron chi connectivity index (χ3n) is 7.10. The van der Waals surface area contributed by atoms with Gasteiger partial charge in [0, 0.05) is 0 Å². The Bertz CT molecular complexity index is 857. The van der Waals surface area contributed by atoms with Gasteiger partial charge in [-0.2, -0.15) is 0 Å². The van der Waals surface area contributed by atoms with E-state index in [2.05, 4.69) is 42.6 Å². The molecule has 2 N–H and O–H groups in total. The summed E-state index contributed by atoms with van der Waals surface area (Å²) in [6.07, 6.45) is 4.97. The number of para-hydroxylation sites is 1. The maximum absolute atomic E-state index is 11.8. The Morgan fingerprint density at radius 1 is 1.12 bits per heavy atom. The van der Waals surface area contributed by atoms with Crippen molar-refractivity contribution in [3.63, 3.8) is 0 Å². The van der Waals surface area contributed by atoms with Crippen molar-refractivity contribution in [3.05, 3.63) is 64.7 Å². The quantitative estimate of drug-likeness (QED) is 0.798. The van der Waals surface area contributed by atoms with Crippen LogP contribution in [0.15, 0.2) is 42.5 Å². The lowest BCUT2D eigenvalue weighted by Crippen LogP contribution is -2.36. The van der Waals surface area contributed by atoms with Crippen LogP contribution in [0.5, 0.6) is 0 Å². The topological polar surface area (TPSA) is 49.3 Å². The van der Waals surface area contributed by atoms with E-state index in [0.29, 0.717) is 23.3 Å². The Hall–Kier alpha value is -2.29. The van der Waals surface area contributed by atoms with Crippen molar-refractivity contribution in [1.29, 1.82) is 0 Å². The number of benzene rings is 2. The van der Waals surface area contributed by atoms with Crippen LogP contribution >= 0.6 is 0 Å². The van der Waals surface area contributed by atoms with Crippen LogP contribution in [0.25, 0.3) is 0 Å². The van der Waals surface area contributed by atoms with Gasteiger partial charge in [-0.15, -0.1) is 0 Å². The number of nitrogens with one attached hydrogen (secondary N) is 1. The minimum absolute atomic E-state index is 0.217. The molecule has 0 spiro atoms. The van der Waals surface area contributed by atoms with Gasteiger partial charge in [-0.05, 0) is 72.1 Å². The van der Waals surface area contributed by atoms with Gasteiger partial charge < -0.3 is 10.4 Å². The largest absolute Gasteiger partial charge is 0.478 e. The second-order valence-electron chi connectivity index (χ2n) is 8.23. The fourth-order valence-corrected chi connectivity index (χ4v) is 5.98. The smallest absolute Gasteiger partial charge is 0.337 e. The SMILES string of the molecule is CCc1ccc([C@H]2Nc3c(C(=O)O)cccc3[C@@H]3[C@@H]4CC[C@@H](C4)[C@@H]32)cc1. The number of carbonyl (C=O) groups is 1. The highest BCUT2D eigenvalue weighted by molar-refractivity contribution is 5.95.